The SMILES string of the molecule is COc1ccc(CC(CBr)c2ccccc2F)cc1F. The van der Waals surface area contributed by atoms with Gasteiger partial charge in [0.1, 0.15) is 5.82 Å². The van der Waals surface area contributed by atoms with Gasteiger partial charge < -0.3 is 4.74 Å². The lowest BCUT2D eigenvalue weighted by Gasteiger charge is -2.16. The maximum atomic E-state index is 13.8. The van der Waals surface area contributed by atoms with Crippen molar-refractivity contribution in [1.29, 1.82) is 0 Å². The molecule has 0 spiro atoms. The molecule has 2 aromatic rings. The molecule has 106 valence electrons. The molecule has 0 radical (unpaired) electrons. The van der Waals surface area contributed by atoms with Gasteiger partial charge in [-0.25, -0.2) is 8.78 Å². The van der Waals surface area contributed by atoms with Gasteiger partial charge in [-0.15, -0.1) is 0 Å². The Balaban J connectivity index is 2.23. The molecule has 0 aromatic heterocycles. The van der Waals surface area contributed by atoms with Gasteiger partial charge in [-0.05, 0) is 35.7 Å². The highest BCUT2D eigenvalue weighted by Crippen LogP contribution is 2.27. The van der Waals surface area contributed by atoms with E-state index in [1.54, 1.807) is 24.3 Å². The molecule has 2 aromatic carbocycles. The zero-order chi connectivity index (χ0) is 14.5. The van der Waals surface area contributed by atoms with Crippen LogP contribution < -0.4 is 4.74 Å². The van der Waals surface area contributed by atoms with E-state index in [2.05, 4.69) is 15.9 Å². The van der Waals surface area contributed by atoms with Crippen LogP contribution in [0.4, 0.5) is 8.78 Å². The zero-order valence-electron chi connectivity index (χ0n) is 11.1. The molecule has 0 saturated heterocycles. The second-order valence-electron chi connectivity index (χ2n) is 4.55. The second-order valence-corrected chi connectivity index (χ2v) is 5.19. The van der Waals surface area contributed by atoms with E-state index < -0.39 is 5.82 Å². The van der Waals surface area contributed by atoms with E-state index in [1.807, 2.05) is 6.07 Å². The normalized spacial score (nSPS) is 12.2. The van der Waals surface area contributed by atoms with Crippen LogP contribution in [0.3, 0.4) is 0 Å². The summed E-state index contributed by atoms with van der Waals surface area (Å²) in [7, 11) is 1.43. The van der Waals surface area contributed by atoms with Crippen LogP contribution in [0.15, 0.2) is 42.5 Å². The fourth-order valence-electron chi connectivity index (χ4n) is 2.18. The van der Waals surface area contributed by atoms with Crippen molar-refractivity contribution in [2.75, 3.05) is 12.4 Å². The topological polar surface area (TPSA) is 9.23 Å². The zero-order valence-corrected chi connectivity index (χ0v) is 12.7. The highest BCUT2D eigenvalue weighted by atomic mass is 79.9. The molecule has 0 aliphatic heterocycles. The summed E-state index contributed by atoms with van der Waals surface area (Å²) in [4.78, 5) is 0. The quantitative estimate of drug-likeness (QED) is 0.717. The van der Waals surface area contributed by atoms with E-state index >= 15 is 0 Å². The summed E-state index contributed by atoms with van der Waals surface area (Å²) < 4.78 is 32.4. The molecule has 0 heterocycles. The van der Waals surface area contributed by atoms with Gasteiger partial charge in [0.15, 0.2) is 11.6 Å². The maximum Gasteiger partial charge on any atom is 0.165 e. The third kappa shape index (κ3) is 3.37. The Hall–Kier alpha value is -1.42. The largest absolute Gasteiger partial charge is 0.494 e. The predicted molar refractivity (Wildman–Crippen MR) is 79.6 cm³/mol. The number of rotatable bonds is 5. The van der Waals surface area contributed by atoms with Crippen molar-refractivity contribution >= 4 is 15.9 Å². The minimum Gasteiger partial charge on any atom is -0.494 e. The van der Waals surface area contributed by atoms with Crippen molar-refractivity contribution in [1.82, 2.24) is 0 Å². The third-order valence-corrected chi connectivity index (χ3v) is 4.01. The van der Waals surface area contributed by atoms with Gasteiger partial charge in [0.25, 0.3) is 0 Å². The molecule has 1 unspecified atom stereocenters. The minimum absolute atomic E-state index is 0.0380. The van der Waals surface area contributed by atoms with Crippen molar-refractivity contribution in [3.05, 3.63) is 65.2 Å². The standard InChI is InChI=1S/C16H15BrF2O/c1-20-16-7-6-11(9-15(16)19)8-12(10-17)13-4-2-3-5-14(13)18/h2-7,9,12H,8,10H2,1H3. The molecule has 0 aliphatic carbocycles. The summed E-state index contributed by atoms with van der Waals surface area (Å²) in [6, 6.07) is 11.5. The number of hydrogen-bond donors (Lipinski definition) is 0. The monoisotopic (exact) mass is 340 g/mol. The van der Waals surface area contributed by atoms with Gasteiger partial charge in [0.05, 0.1) is 7.11 Å². The number of methoxy groups -OCH3 is 1. The highest BCUT2D eigenvalue weighted by molar-refractivity contribution is 9.09. The van der Waals surface area contributed by atoms with Crippen molar-refractivity contribution in [2.45, 2.75) is 12.3 Å². The van der Waals surface area contributed by atoms with E-state index in [0.717, 1.165) is 5.56 Å². The summed E-state index contributed by atoms with van der Waals surface area (Å²) in [5, 5.41) is 0.613. The van der Waals surface area contributed by atoms with Crippen LogP contribution in [-0.4, -0.2) is 12.4 Å². The molecule has 1 nitrogen and oxygen atoms in total. The summed E-state index contributed by atoms with van der Waals surface area (Å²) >= 11 is 3.41. The smallest absolute Gasteiger partial charge is 0.165 e. The molecule has 0 fully saturated rings. The number of ether oxygens (including phenoxy) is 1. The first-order valence-electron chi connectivity index (χ1n) is 6.28. The fourth-order valence-corrected chi connectivity index (χ4v) is 2.75. The van der Waals surface area contributed by atoms with Crippen LogP contribution in [-0.2, 0) is 6.42 Å². The van der Waals surface area contributed by atoms with Gasteiger partial charge in [-0.3, -0.25) is 0 Å². The van der Waals surface area contributed by atoms with Crippen molar-refractivity contribution in [3.8, 4) is 5.75 Å². The van der Waals surface area contributed by atoms with Crippen molar-refractivity contribution in [3.63, 3.8) is 0 Å². The Morgan fingerprint density at radius 1 is 1.10 bits per heavy atom. The molecule has 0 aliphatic rings. The average Bonchev–Trinajstić information content (AvgIpc) is 2.46. The first kappa shape index (κ1) is 15.0. The van der Waals surface area contributed by atoms with Crippen LogP contribution in [0.1, 0.15) is 17.0 Å². The molecule has 0 amide bonds. The lowest BCUT2D eigenvalue weighted by molar-refractivity contribution is 0.386. The molecular weight excluding hydrogens is 326 g/mol. The molecule has 0 bridgehead atoms. The molecule has 20 heavy (non-hydrogen) atoms. The van der Waals surface area contributed by atoms with Gasteiger partial charge in [-0.1, -0.05) is 40.2 Å². The van der Waals surface area contributed by atoms with Crippen molar-refractivity contribution < 1.29 is 13.5 Å². The van der Waals surface area contributed by atoms with Gasteiger partial charge >= 0.3 is 0 Å². The van der Waals surface area contributed by atoms with Gasteiger partial charge in [0.2, 0.25) is 0 Å². The van der Waals surface area contributed by atoms with Gasteiger partial charge in [0, 0.05) is 11.2 Å². The lowest BCUT2D eigenvalue weighted by Crippen LogP contribution is -2.07. The van der Waals surface area contributed by atoms with Gasteiger partial charge in [-0.2, -0.15) is 0 Å². The first-order chi connectivity index (χ1) is 9.65. The molecule has 1 atom stereocenters. The second kappa shape index (κ2) is 6.84. The lowest BCUT2D eigenvalue weighted by atomic mass is 9.93. The molecule has 4 heteroatoms. The summed E-state index contributed by atoms with van der Waals surface area (Å²) in [5.74, 6) is -0.447. The Kier molecular flexibility index (Phi) is 5.12. The highest BCUT2D eigenvalue weighted by Gasteiger charge is 2.16. The van der Waals surface area contributed by atoms with Crippen LogP contribution in [0.2, 0.25) is 0 Å². The molecule has 0 N–H and O–H groups in total. The van der Waals surface area contributed by atoms with Crippen LogP contribution in [0.5, 0.6) is 5.75 Å². The third-order valence-electron chi connectivity index (χ3n) is 3.23. The van der Waals surface area contributed by atoms with Crippen molar-refractivity contribution in [2.24, 2.45) is 0 Å². The summed E-state index contributed by atoms with van der Waals surface area (Å²) in [5.41, 5.74) is 1.46. The van der Waals surface area contributed by atoms with Crippen LogP contribution in [0, 0.1) is 11.6 Å². The van der Waals surface area contributed by atoms with Crippen LogP contribution >= 0.6 is 15.9 Å². The predicted octanol–water partition coefficient (Wildman–Crippen LogP) is 4.69. The Bertz CT molecular complexity index is 586. The van der Waals surface area contributed by atoms with E-state index in [4.69, 9.17) is 4.74 Å². The molecule has 0 saturated carbocycles. The Morgan fingerprint density at radius 3 is 2.45 bits per heavy atom. The summed E-state index contributed by atoms with van der Waals surface area (Å²) in [6.45, 7) is 0. The Morgan fingerprint density at radius 2 is 1.85 bits per heavy atom. The molecular formula is C16H15BrF2O. The number of halogens is 3. The maximum absolute atomic E-state index is 13.8. The molecule has 2 rings (SSSR count). The van der Waals surface area contributed by atoms with Crippen LogP contribution in [0.25, 0.3) is 0 Å². The first-order valence-corrected chi connectivity index (χ1v) is 7.40. The Labute approximate surface area is 125 Å². The van der Waals surface area contributed by atoms with E-state index in [-0.39, 0.29) is 17.5 Å². The van der Waals surface area contributed by atoms with E-state index in [0.29, 0.717) is 17.3 Å². The van der Waals surface area contributed by atoms with E-state index in [9.17, 15) is 8.78 Å². The number of hydrogen-bond acceptors (Lipinski definition) is 1. The number of alkyl halides is 1. The van der Waals surface area contributed by atoms with E-state index in [1.165, 1.54) is 19.2 Å². The fraction of sp³-hybridized carbons (Fsp3) is 0.250. The number of benzene rings is 2. The summed E-state index contributed by atoms with van der Waals surface area (Å²) in [6.07, 6.45) is 0.563. The average molecular weight is 341 g/mol. The minimum atomic E-state index is -0.396.